The maximum absolute atomic E-state index is 11.7. The highest BCUT2D eigenvalue weighted by molar-refractivity contribution is 7.90. The van der Waals surface area contributed by atoms with E-state index in [9.17, 15) is 13.2 Å². The summed E-state index contributed by atoms with van der Waals surface area (Å²) in [5.41, 5.74) is 0.515. The minimum Gasteiger partial charge on any atom is -0.496 e. The molecular weight excluding hydrogens is 298 g/mol. The quantitative estimate of drug-likeness (QED) is 0.756. The monoisotopic (exact) mass is 311 g/mol. The van der Waals surface area contributed by atoms with Crippen LogP contribution >= 0.6 is 0 Å². The van der Waals surface area contributed by atoms with Gasteiger partial charge in [0, 0.05) is 6.26 Å². The number of hydrogen-bond acceptors (Lipinski definition) is 7. The van der Waals surface area contributed by atoms with Crippen molar-refractivity contribution in [2.75, 3.05) is 20.5 Å². The SMILES string of the molecule is COC(=O)c1cc(-n2nncc2S(C)(=O)=O)ccc1OC. The lowest BCUT2D eigenvalue weighted by Gasteiger charge is -2.10. The topological polar surface area (TPSA) is 100 Å². The first-order valence-corrected chi connectivity index (χ1v) is 7.65. The summed E-state index contributed by atoms with van der Waals surface area (Å²) in [6.45, 7) is 0. The largest absolute Gasteiger partial charge is 0.496 e. The highest BCUT2D eigenvalue weighted by Crippen LogP contribution is 2.24. The van der Waals surface area contributed by atoms with Crippen LogP contribution in [0.25, 0.3) is 5.69 Å². The Morgan fingerprint density at radius 1 is 1.29 bits per heavy atom. The Morgan fingerprint density at radius 2 is 2.00 bits per heavy atom. The van der Waals surface area contributed by atoms with E-state index in [0.29, 0.717) is 11.4 Å². The average Bonchev–Trinajstić information content (AvgIpc) is 2.95. The number of sulfone groups is 1. The molecule has 0 saturated heterocycles. The fraction of sp³-hybridized carbons (Fsp3) is 0.250. The highest BCUT2D eigenvalue weighted by atomic mass is 32.2. The Labute approximate surface area is 121 Å². The highest BCUT2D eigenvalue weighted by Gasteiger charge is 2.19. The molecule has 0 bridgehead atoms. The first-order valence-electron chi connectivity index (χ1n) is 5.76. The average molecular weight is 311 g/mol. The third-order valence-corrected chi connectivity index (χ3v) is 3.77. The van der Waals surface area contributed by atoms with Gasteiger partial charge in [-0.3, -0.25) is 0 Å². The standard InChI is InChI=1S/C12H13N3O5S/c1-19-10-5-4-8(6-9(10)12(16)20-2)15-11(7-13-14-15)21(3,17)18/h4-7H,1-3H3. The molecule has 1 aromatic carbocycles. The second-order valence-corrected chi connectivity index (χ2v) is 6.09. The van der Waals surface area contributed by atoms with Crippen LogP contribution in [0.1, 0.15) is 10.4 Å². The summed E-state index contributed by atoms with van der Waals surface area (Å²) in [4.78, 5) is 11.7. The van der Waals surface area contributed by atoms with Crippen LogP contribution in [0, 0.1) is 0 Å². The van der Waals surface area contributed by atoms with E-state index in [4.69, 9.17) is 4.74 Å². The van der Waals surface area contributed by atoms with Gasteiger partial charge in [-0.25, -0.2) is 17.9 Å². The molecule has 8 nitrogen and oxygen atoms in total. The van der Waals surface area contributed by atoms with Crippen molar-refractivity contribution in [3.63, 3.8) is 0 Å². The number of methoxy groups -OCH3 is 2. The smallest absolute Gasteiger partial charge is 0.341 e. The van der Waals surface area contributed by atoms with Crippen molar-refractivity contribution in [2.45, 2.75) is 5.03 Å². The number of hydrogen-bond donors (Lipinski definition) is 0. The zero-order valence-electron chi connectivity index (χ0n) is 11.6. The van der Waals surface area contributed by atoms with E-state index in [2.05, 4.69) is 15.0 Å². The van der Waals surface area contributed by atoms with Crippen LogP contribution in [0.3, 0.4) is 0 Å². The number of benzene rings is 1. The van der Waals surface area contributed by atoms with Crippen LogP contribution < -0.4 is 4.74 Å². The minimum absolute atomic E-state index is 0.0801. The van der Waals surface area contributed by atoms with Crippen LogP contribution in [-0.2, 0) is 14.6 Å². The van der Waals surface area contributed by atoms with E-state index < -0.39 is 15.8 Å². The molecule has 0 saturated carbocycles. The molecule has 9 heteroatoms. The van der Waals surface area contributed by atoms with Crippen molar-refractivity contribution < 1.29 is 22.7 Å². The second-order valence-electron chi connectivity index (χ2n) is 4.13. The van der Waals surface area contributed by atoms with E-state index >= 15 is 0 Å². The van der Waals surface area contributed by atoms with Crippen molar-refractivity contribution in [3.05, 3.63) is 30.0 Å². The molecular formula is C12H13N3O5S. The summed E-state index contributed by atoms with van der Waals surface area (Å²) in [5, 5.41) is 7.24. The predicted molar refractivity (Wildman–Crippen MR) is 72.4 cm³/mol. The van der Waals surface area contributed by atoms with Crippen LogP contribution in [0.5, 0.6) is 5.75 Å². The molecule has 0 aliphatic heterocycles. The lowest BCUT2D eigenvalue weighted by atomic mass is 10.2. The van der Waals surface area contributed by atoms with Gasteiger partial charge in [0.05, 0.1) is 26.1 Å². The normalized spacial score (nSPS) is 11.2. The number of nitrogens with zero attached hydrogens (tertiary/aromatic N) is 3. The minimum atomic E-state index is -3.50. The summed E-state index contributed by atoms with van der Waals surface area (Å²) < 4.78 is 34.2. The molecule has 21 heavy (non-hydrogen) atoms. The maximum atomic E-state index is 11.7. The lowest BCUT2D eigenvalue weighted by Crippen LogP contribution is -2.10. The molecule has 0 amide bonds. The zero-order chi connectivity index (χ0) is 15.6. The summed E-state index contributed by atoms with van der Waals surface area (Å²) in [6, 6.07) is 4.51. The van der Waals surface area contributed by atoms with Crippen molar-refractivity contribution >= 4 is 15.8 Å². The summed E-state index contributed by atoms with van der Waals surface area (Å²) in [6.07, 6.45) is 2.18. The Morgan fingerprint density at radius 3 is 2.57 bits per heavy atom. The first kappa shape index (κ1) is 15.0. The molecule has 0 fully saturated rings. The van der Waals surface area contributed by atoms with Crippen LogP contribution in [-0.4, -0.2) is 49.9 Å². The molecule has 112 valence electrons. The molecule has 1 heterocycles. The van der Waals surface area contributed by atoms with Gasteiger partial charge in [-0.05, 0) is 18.2 Å². The van der Waals surface area contributed by atoms with E-state index in [1.807, 2.05) is 0 Å². The molecule has 0 N–H and O–H groups in total. The number of esters is 1. The van der Waals surface area contributed by atoms with Gasteiger partial charge in [-0.15, -0.1) is 5.10 Å². The van der Waals surface area contributed by atoms with Crippen molar-refractivity contribution in [3.8, 4) is 11.4 Å². The predicted octanol–water partition coefficient (Wildman–Crippen LogP) is 0.466. The third-order valence-electron chi connectivity index (χ3n) is 2.73. The number of ether oxygens (including phenoxy) is 2. The molecule has 0 atom stereocenters. The van der Waals surface area contributed by atoms with Gasteiger partial charge < -0.3 is 9.47 Å². The van der Waals surface area contributed by atoms with Gasteiger partial charge >= 0.3 is 5.97 Å². The van der Waals surface area contributed by atoms with Gasteiger partial charge in [0.25, 0.3) is 0 Å². The Bertz CT molecular complexity index is 782. The molecule has 2 aromatic rings. The Balaban J connectivity index is 2.62. The molecule has 0 aliphatic rings. The van der Waals surface area contributed by atoms with Gasteiger partial charge in [-0.1, -0.05) is 5.21 Å². The third kappa shape index (κ3) is 2.87. The molecule has 0 unspecified atom stereocenters. The Hall–Kier alpha value is -2.42. The zero-order valence-corrected chi connectivity index (χ0v) is 12.4. The first-order chi connectivity index (χ1) is 9.88. The Kier molecular flexibility index (Phi) is 3.94. The van der Waals surface area contributed by atoms with E-state index in [1.165, 1.54) is 26.4 Å². The molecule has 0 spiro atoms. The molecule has 0 radical (unpaired) electrons. The van der Waals surface area contributed by atoms with Gasteiger partial charge in [0.15, 0.2) is 14.9 Å². The van der Waals surface area contributed by atoms with Crippen LogP contribution in [0.4, 0.5) is 0 Å². The molecule has 2 rings (SSSR count). The van der Waals surface area contributed by atoms with Crippen molar-refractivity contribution in [1.29, 1.82) is 0 Å². The summed E-state index contributed by atoms with van der Waals surface area (Å²) in [7, 11) is -0.845. The van der Waals surface area contributed by atoms with Gasteiger partial charge in [-0.2, -0.15) is 0 Å². The van der Waals surface area contributed by atoms with Gasteiger partial charge in [0.1, 0.15) is 11.3 Å². The van der Waals surface area contributed by atoms with E-state index in [0.717, 1.165) is 17.1 Å². The second kappa shape index (κ2) is 5.52. The number of carbonyl (C=O) groups excluding carboxylic acids is 1. The van der Waals surface area contributed by atoms with Crippen LogP contribution in [0.2, 0.25) is 0 Å². The van der Waals surface area contributed by atoms with Gasteiger partial charge in [0.2, 0.25) is 0 Å². The summed E-state index contributed by atoms with van der Waals surface area (Å²) in [5.74, 6) is -0.290. The number of rotatable bonds is 4. The fourth-order valence-corrected chi connectivity index (χ4v) is 2.45. The molecule has 1 aromatic heterocycles. The number of carbonyl (C=O) groups is 1. The van der Waals surface area contributed by atoms with Crippen molar-refractivity contribution in [1.82, 2.24) is 15.0 Å². The van der Waals surface area contributed by atoms with E-state index in [-0.39, 0.29) is 10.6 Å². The number of aromatic nitrogens is 3. The lowest BCUT2D eigenvalue weighted by molar-refractivity contribution is 0.0597. The van der Waals surface area contributed by atoms with E-state index in [1.54, 1.807) is 6.07 Å². The molecule has 0 aliphatic carbocycles. The summed E-state index contributed by atoms with van der Waals surface area (Å²) >= 11 is 0. The fourth-order valence-electron chi connectivity index (χ4n) is 1.75. The maximum Gasteiger partial charge on any atom is 0.341 e. The van der Waals surface area contributed by atoms with Crippen molar-refractivity contribution in [2.24, 2.45) is 0 Å². The van der Waals surface area contributed by atoms with Crippen LogP contribution in [0.15, 0.2) is 29.4 Å².